The van der Waals surface area contributed by atoms with Gasteiger partial charge in [0.25, 0.3) is 5.91 Å². The van der Waals surface area contributed by atoms with Crippen molar-refractivity contribution < 1.29 is 32.2 Å². The van der Waals surface area contributed by atoms with E-state index in [1.807, 2.05) is 13.0 Å². The molecule has 0 fully saturated rings. The summed E-state index contributed by atoms with van der Waals surface area (Å²) in [6.07, 6.45) is -2.81. The van der Waals surface area contributed by atoms with Crippen LogP contribution < -0.4 is 19.5 Å². The van der Waals surface area contributed by atoms with Gasteiger partial charge in [0.05, 0.1) is 7.11 Å². The van der Waals surface area contributed by atoms with Gasteiger partial charge in [-0.15, -0.1) is 23.4 Å². The van der Waals surface area contributed by atoms with E-state index < -0.39 is 12.3 Å². The van der Waals surface area contributed by atoms with Crippen LogP contribution >= 0.6 is 11.3 Å². The molecule has 0 spiro atoms. The van der Waals surface area contributed by atoms with Gasteiger partial charge in [-0.1, -0.05) is 42.5 Å². The summed E-state index contributed by atoms with van der Waals surface area (Å²) in [5, 5.41) is 20.8. The first-order valence-electron chi connectivity index (χ1n) is 10.1. The highest BCUT2D eigenvalue weighted by Gasteiger charge is 2.32. The fourth-order valence-electron chi connectivity index (χ4n) is 2.82. The van der Waals surface area contributed by atoms with Crippen molar-refractivity contribution >= 4 is 28.5 Å². The lowest BCUT2D eigenvalue weighted by Gasteiger charge is -2.15. The minimum absolute atomic E-state index is 0.174. The predicted molar refractivity (Wildman–Crippen MR) is 122 cm³/mol. The fraction of sp³-hybridized carbons (Fsp3) is 0.217. The number of aryl methyl sites for hydroxylation is 1. The zero-order chi connectivity index (χ0) is 25.4. The van der Waals surface area contributed by atoms with Gasteiger partial charge in [-0.25, -0.2) is 0 Å². The van der Waals surface area contributed by atoms with E-state index in [0.29, 0.717) is 12.0 Å². The second kappa shape index (κ2) is 11.3. The molecule has 0 radical (unpaired) electrons. The molecule has 0 saturated heterocycles. The van der Waals surface area contributed by atoms with Crippen LogP contribution in [0.1, 0.15) is 23.1 Å². The van der Waals surface area contributed by atoms with E-state index in [1.54, 1.807) is 12.1 Å². The number of methoxy groups -OCH3 is 1. The molecule has 12 heteroatoms. The van der Waals surface area contributed by atoms with Crippen molar-refractivity contribution in [1.29, 1.82) is 5.26 Å². The van der Waals surface area contributed by atoms with Gasteiger partial charge >= 0.3 is 6.36 Å². The number of nitrogens with one attached hydrogen (secondary N) is 1. The van der Waals surface area contributed by atoms with E-state index in [9.17, 15) is 23.2 Å². The maximum absolute atomic E-state index is 12.6. The molecule has 1 aromatic heterocycles. The second-order valence-electron chi connectivity index (χ2n) is 6.83. The van der Waals surface area contributed by atoms with Crippen molar-refractivity contribution in [1.82, 2.24) is 10.2 Å². The number of aromatic nitrogens is 2. The normalized spacial score (nSPS) is 11.5. The number of nitrogens with zero attached hydrogens (tertiary/aromatic N) is 3. The van der Waals surface area contributed by atoms with E-state index in [0.717, 1.165) is 5.01 Å². The number of benzene rings is 2. The predicted octanol–water partition coefficient (Wildman–Crippen LogP) is 5.13. The Hall–Kier alpha value is -4.11. The first kappa shape index (κ1) is 25.5. The molecule has 3 aromatic rings. The first-order valence-corrected chi connectivity index (χ1v) is 10.9. The quantitative estimate of drug-likeness (QED) is 0.318. The van der Waals surface area contributed by atoms with Gasteiger partial charge in [-0.3, -0.25) is 10.1 Å². The molecular formula is C23H19F3N4O4S. The molecule has 8 nitrogen and oxygen atoms in total. The van der Waals surface area contributed by atoms with Crippen LogP contribution in [0.4, 0.5) is 18.3 Å². The summed E-state index contributed by atoms with van der Waals surface area (Å²) >= 11 is 1.21. The number of alkyl halides is 3. The van der Waals surface area contributed by atoms with E-state index in [-0.39, 0.29) is 40.1 Å². The molecule has 0 atom stereocenters. The molecule has 1 N–H and O–H groups in total. The van der Waals surface area contributed by atoms with Gasteiger partial charge in [0, 0.05) is 5.56 Å². The SMILES string of the molecule is CCc1nnc(NC(=O)C(C#N)=Cc2ccc(OCc3ccccc3OC(F)(F)F)c(OC)c2)s1. The van der Waals surface area contributed by atoms with Gasteiger partial charge in [0.15, 0.2) is 11.5 Å². The number of carbonyl (C=O) groups is 1. The van der Waals surface area contributed by atoms with Crippen LogP contribution in [-0.2, 0) is 17.8 Å². The van der Waals surface area contributed by atoms with Crippen molar-refractivity contribution in [3.8, 4) is 23.3 Å². The third-order valence-corrected chi connectivity index (χ3v) is 5.42. The summed E-state index contributed by atoms with van der Waals surface area (Å²) in [6, 6.07) is 12.1. The summed E-state index contributed by atoms with van der Waals surface area (Å²) in [7, 11) is 1.38. The molecular weight excluding hydrogens is 485 g/mol. The molecule has 0 aliphatic rings. The van der Waals surface area contributed by atoms with Gasteiger partial charge in [-0.2, -0.15) is 5.26 Å². The van der Waals surface area contributed by atoms with Crippen LogP contribution in [0, 0.1) is 11.3 Å². The van der Waals surface area contributed by atoms with Gasteiger partial charge in [0.2, 0.25) is 5.13 Å². The molecule has 3 rings (SSSR count). The molecule has 35 heavy (non-hydrogen) atoms. The average Bonchev–Trinajstić information content (AvgIpc) is 3.28. The lowest BCUT2D eigenvalue weighted by atomic mass is 10.1. The Labute approximate surface area is 202 Å². The number of amides is 1. The van der Waals surface area contributed by atoms with Crippen molar-refractivity contribution in [3.63, 3.8) is 0 Å². The number of halogens is 3. The Morgan fingerprint density at radius 1 is 1.17 bits per heavy atom. The lowest BCUT2D eigenvalue weighted by Crippen LogP contribution is -2.18. The Morgan fingerprint density at radius 2 is 1.94 bits per heavy atom. The van der Waals surface area contributed by atoms with Crippen LogP contribution in [0.25, 0.3) is 6.08 Å². The van der Waals surface area contributed by atoms with E-state index in [1.165, 1.54) is 54.9 Å². The Bertz CT molecular complexity index is 1270. The second-order valence-corrected chi connectivity index (χ2v) is 7.90. The maximum Gasteiger partial charge on any atom is 0.573 e. The summed E-state index contributed by atoms with van der Waals surface area (Å²) in [6.45, 7) is 1.69. The Morgan fingerprint density at radius 3 is 2.60 bits per heavy atom. The molecule has 0 aliphatic carbocycles. The van der Waals surface area contributed by atoms with Crippen molar-refractivity contribution in [3.05, 3.63) is 64.2 Å². The standard InChI is InChI=1S/C23H19F3N4O4S/c1-3-20-29-30-22(35-20)28-21(31)16(12-27)10-14-8-9-18(19(11-14)32-2)33-13-15-6-4-5-7-17(15)34-23(24,25)26/h4-11H,3,13H2,1-2H3,(H,28,30,31). The summed E-state index contributed by atoms with van der Waals surface area (Å²) in [4.78, 5) is 12.4. The summed E-state index contributed by atoms with van der Waals surface area (Å²) in [5.74, 6) is -0.519. The van der Waals surface area contributed by atoms with Crippen LogP contribution in [0.15, 0.2) is 48.0 Å². The minimum Gasteiger partial charge on any atom is -0.493 e. The number of rotatable bonds is 9. The number of anilines is 1. The number of para-hydroxylation sites is 1. The average molecular weight is 504 g/mol. The van der Waals surface area contributed by atoms with E-state index >= 15 is 0 Å². The van der Waals surface area contributed by atoms with Gasteiger partial charge in [0.1, 0.15) is 29.0 Å². The van der Waals surface area contributed by atoms with Crippen LogP contribution in [0.3, 0.4) is 0 Å². The maximum atomic E-state index is 12.6. The number of ether oxygens (including phenoxy) is 3. The Balaban J connectivity index is 1.75. The number of hydrogen-bond donors (Lipinski definition) is 1. The smallest absolute Gasteiger partial charge is 0.493 e. The van der Waals surface area contributed by atoms with Gasteiger partial charge < -0.3 is 14.2 Å². The lowest BCUT2D eigenvalue weighted by molar-refractivity contribution is -0.275. The number of carbonyl (C=O) groups excluding carboxylic acids is 1. The largest absolute Gasteiger partial charge is 0.573 e. The minimum atomic E-state index is -4.83. The van der Waals surface area contributed by atoms with E-state index in [4.69, 9.17) is 9.47 Å². The van der Waals surface area contributed by atoms with E-state index in [2.05, 4.69) is 20.3 Å². The molecule has 1 heterocycles. The zero-order valence-electron chi connectivity index (χ0n) is 18.5. The molecule has 0 aliphatic heterocycles. The van der Waals surface area contributed by atoms with Crippen molar-refractivity contribution in [2.75, 3.05) is 12.4 Å². The van der Waals surface area contributed by atoms with Crippen LogP contribution in [-0.4, -0.2) is 29.6 Å². The van der Waals surface area contributed by atoms with Crippen LogP contribution in [0.5, 0.6) is 17.2 Å². The monoisotopic (exact) mass is 504 g/mol. The molecule has 2 aromatic carbocycles. The highest BCUT2D eigenvalue weighted by atomic mass is 32.1. The fourth-order valence-corrected chi connectivity index (χ4v) is 3.50. The van der Waals surface area contributed by atoms with Gasteiger partial charge in [-0.05, 0) is 36.3 Å². The third-order valence-electron chi connectivity index (χ3n) is 4.43. The van der Waals surface area contributed by atoms with Crippen molar-refractivity contribution in [2.45, 2.75) is 26.3 Å². The first-order chi connectivity index (χ1) is 16.7. The molecule has 0 bridgehead atoms. The zero-order valence-corrected chi connectivity index (χ0v) is 19.4. The van der Waals surface area contributed by atoms with Crippen molar-refractivity contribution in [2.24, 2.45) is 0 Å². The van der Waals surface area contributed by atoms with Crippen LogP contribution in [0.2, 0.25) is 0 Å². The molecule has 1 amide bonds. The molecule has 0 unspecified atom stereocenters. The topological polar surface area (TPSA) is 106 Å². The molecule has 0 saturated carbocycles. The highest BCUT2D eigenvalue weighted by Crippen LogP contribution is 2.32. The third kappa shape index (κ3) is 7.18. The number of nitriles is 1. The Kier molecular flexibility index (Phi) is 8.27. The number of hydrogen-bond acceptors (Lipinski definition) is 8. The molecule has 182 valence electrons. The summed E-state index contributed by atoms with van der Waals surface area (Å²) in [5.41, 5.74) is 0.475. The highest BCUT2D eigenvalue weighted by molar-refractivity contribution is 7.15. The summed E-state index contributed by atoms with van der Waals surface area (Å²) < 4.78 is 52.9.